The highest BCUT2D eigenvalue weighted by Crippen LogP contribution is 2.27. The summed E-state index contributed by atoms with van der Waals surface area (Å²) in [7, 11) is 0. The molecule has 0 unspecified atom stereocenters. The first-order valence-electron chi connectivity index (χ1n) is 9.60. The molecular weight excluding hydrogens is 539 g/mol. The molecule has 4 aromatic rings. The van der Waals surface area contributed by atoms with Crippen LogP contribution in [-0.4, -0.2) is 18.1 Å². The molecule has 0 aromatic heterocycles. The molecule has 0 aliphatic carbocycles. The Morgan fingerprint density at radius 2 is 1.62 bits per heavy atom. The Kier molecular flexibility index (Phi) is 6.82. The summed E-state index contributed by atoms with van der Waals surface area (Å²) in [5.41, 5.74) is 4.02. The van der Waals surface area contributed by atoms with Crippen LogP contribution in [0.1, 0.15) is 26.3 Å². The van der Waals surface area contributed by atoms with Gasteiger partial charge in [0.1, 0.15) is 5.75 Å². The van der Waals surface area contributed by atoms with E-state index < -0.39 is 5.97 Å². The molecular formula is C25H16ClIN2O3. The molecule has 158 valence electrons. The molecule has 0 saturated heterocycles. The number of hydrogen-bond acceptors (Lipinski definition) is 4. The topological polar surface area (TPSA) is 67.8 Å². The van der Waals surface area contributed by atoms with E-state index in [0.717, 1.165) is 14.3 Å². The molecule has 0 saturated carbocycles. The maximum Gasteiger partial charge on any atom is 0.343 e. The summed E-state index contributed by atoms with van der Waals surface area (Å²) >= 11 is 8.00. The number of carbonyl (C=O) groups excluding carboxylic acids is 2. The quantitative estimate of drug-likeness (QED) is 0.107. The zero-order chi connectivity index (χ0) is 22.5. The van der Waals surface area contributed by atoms with Crippen molar-refractivity contribution in [2.45, 2.75) is 0 Å². The van der Waals surface area contributed by atoms with Crippen molar-refractivity contribution in [3.8, 4) is 5.75 Å². The van der Waals surface area contributed by atoms with Crippen LogP contribution in [0.3, 0.4) is 0 Å². The van der Waals surface area contributed by atoms with Crippen molar-refractivity contribution < 1.29 is 14.3 Å². The summed E-state index contributed by atoms with van der Waals surface area (Å²) in [5, 5.41) is 6.44. The van der Waals surface area contributed by atoms with Crippen molar-refractivity contribution in [2.24, 2.45) is 5.10 Å². The number of esters is 1. The van der Waals surface area contributed by atoms with Gasteiger partial charge in [-0.3, -0.25) is 4.79 Å². The summed E-state index contributed by atoms with van der Waals surface area (Å²) < 4.78 is 6.47. The predicted octanol–water partition coefficient (Wildman–Crippen LogP) is 6.08. The largest absolute Gasteiger partial charge is 0.422 e. The highest BCUT2D eigenvalue weighted by atomic mass is 127. The van der Waals surface area contributed by atoms with Crippen LogP contribution < -0.4 is 10.2 Å². The summed E-state index contributed by atoms with van der Waals surface area (Å²) in [5.74, 6) is -0.517. The van der Waals surface area contributed by atoms with Gasteiger partial charge in [0, 0.05) is 14.2 Å². The second kappa shape index (κ2) is 9.93. The smallest absolute Gasteiger partial charge is 0.343 e. The summed E-state index contributed by atoms with van der Waals surface area (Å²) in [6.45, 7) is 0. The van der Waals surface area contributed by atoms with Gasteiger partial charge in [-0.05, 0) is 75.8 Å². The zero-order valence-electron chi connectivity index (χ0n) is 16.6. The van der Waals surface area contributed by atoms with Gasteiger partial charge in [-0.1, -0.05) is 54.1 Å². The lowest BCUT2D eigenvalue weighted by molar-refractivity contribution is 0.0734. The molecule has 0 aliphatic heterocycles. The number of fused-ring (bicyclic) bond motifs is 1. The van der Waals surface area contributed by atoms with E-state index in [4.69, 9.17) is 16.3 Å². The Labute approximate surface area is 203 Å². The van der Waals surface area contributed by atoms with Gasteiger partial charge in [0.15, 0.2) is 0 Å². The standard InChI is InChI=1S/C25H16ClIN2O3/c26-18-12-9-17(10-13-18)25(31)32-23-14-11-16-5-1-2-6-19(16)21(23)15-28-29-24(30)20-7-3-4-8-22(20)27/h1-15H,(H,29,30). The lowest BCUT2D eigenvalue weighted by Crippen LogP contribution is -2.19. The number of halogens is 2. The fourth-order valence-electron chi connectivity index (χ4n) is 3.10. The molecule has 4 aromatic carbocycles. The molecule has 4 rings (SSSR count). The van der Waals surface area contributed by atoms with Crippen molar-refractivity contribution in [1.82, 2.24) is 5.43 Å². The number of carbonyl (C=O) groups is 2. The van der Waals surface area contributed by atoms with E-state index in [0.29, 0.717) is 27.5 Å². The normalized spacial score (nSPS) is 10.9. The minimum atomic E-state index is -0.519. The second-order valence-electron chi connectivity index (χ2n) is 6.77. The first-order valence-corrected chi connectivity index (χ1v) is 11.1. The number of benzene rings is 4. The van der Waals surface area contributed by atoms with Gasteiger partial charge in [0.2, 0.25) is 0 Å². The number of amides is 1. The van der Waals surface area contributed by atoms with Crippen molar-refractivity contribution in [1.29, 1.82) is 0 Å². The second-order valence-corrected chi connectivity index (χ2v) is 8.37. The highest BCUT2D eigenvalue weighted by molar-refractivity contribution is 14.1. The average molecular weight is 555 g/mol. The van der Waals surface area contributed by atoms with Crippen LogP contribution in [0.25, 0.3) is 10.8 Å². The first kappa shape index (κ1) is 22.0. The number of rotatable bonds is 5. The van der Waals surface area contributed by atoms with E-state index in [2.05, 4.69) is 33.1 Å². The fourth-order valence-corrected chi connectivity index (χ4v) is 3.86. The van der Waals surface area contributed by atoms with Crippen molar-refractivity contribution >= 4 is 63.1 Å². The molecule has 0 atom stereocenters. The Hall–Kier alpha value is -3.23. The van der Waals surface area contributed by atoms with Crippen LogP contribution in [0, 0.1) is 3.57 Å². The van der Waals surface area contributed by atoms with Crippen LogP contribution in [-0.2, 0) is 0 Å². The molecule has 0 bridgehead atoms. The van der Waals surface area contributed by atoms with Gasteiger partial charge in [0.05, 0.1) is 17.3 Å². The molecule has 32 heavy (non-hydrogen) atoms. The molecule has 7 heteroatoms. The van der Waals surface area contributed by atoms with Crippen molar-refractivity contribution in [3.05, 3.63) is 110 Å². The van der Waals surface area contributed by atoms with Crippen LogP contribution in [0.5, 0.6) is 5.75 Å². The van der Waals surface area contributed by atoms with Crippen molar-refractivity contribution in [3.63, 3.8) is 0 Å². The molecule has 0 radical (unpaired) electrons. The third-order valence-electron chi connectivity index (χ3n) is 4.69. The SMILES string of the molecule is O=C(Oc1ccc2ccccc2c1C=NNC(=O)c1ccccc1I)c1ccc(Cl)cc1. The van der Waals surface area contributed by atoms with Crippen molar-refractivity contribution in [2.75, 3.05) is 0 Å². The number of nitrogens with zero attached hydrogens (tertiary/aromatic N) is 1. The zero-order valence-corrected chi connectivity index (χ0v) is 19.5. The van der Waals surface area contributed by atoms with Gasteiger partial charge < -0.3 is 4.74 Å². The Morgan fingerprint density at radius 1 is 0.906 bits per heavy atom. The van der Waals surface area contributed by atoms with Gasteiger partial charge in [-0.2, -0.15) is 5.10 Å². The lowest BCUT2D eigenvalue weighted by Gasteiger charge is -2.11. The van der Waals surface area contributed by atoms with Crippen LogP contribution in [0.4, 0.5) is 0 Å². The monoisotopic (exact) mass is 554 g/mol. The molecule has 0 aliphatic rings. The maximum atomic E-state index is 12.6. The maximum absolute atomic E-state index is 12.6. The third-order valence-corrected chi connectivity index (χ3v) is 5.88. The summed E-state index contributed by atoms with van der Waals surface area (Å²) in [6.07, 6.45) is 1.49. The molecule has 1 N–H and O–H groups in total. The van der Waals surface area contributed by atoms with Crippen LogP contribution in [0.2, 0.25) is 5.02 Å². The molecule has 0 heterocycles. The van der Waals surface area contributed by atoms with Gasteiger partial charge in [-0.25, -0.2) is 10.2 Å². The Bertz CT molecular complexity index is 1340. The molecule has 5 nitrogen and oxygen atoms in total. The van der Waals surface area contributed by atoms with Crippen LogP contribution >= 0.6 is 34.2 Å². The van der Waals surface area contributed by atoms with E-state index in [1.807, 2.05) is 42.5 Å². The number of ether oxygens (including phenoxy) is 1. The number of hydrogen-bond donors (Lipinski definition) is 1. The third kappa shape index (κ3) is 4.98. The Morgan fingerprint density at radius 3 is 2.41 bits per heavy atom. The lowest BCUT2D eigenvalue weighted by atomic mass is 10.0. The van der Waals surface area contributed by atoms with Gasteiger partial charge in [0.25, 0.3) is 5.91 Å². The number of hydrazone groups is 1. The molecule has 1 amide bonds. The fraction of sp³-hybridized carbons (Fsp3) is 0. The molecule has 0 fully saturated rings. The van der Waals surface area contributed by atoms with E-state index in [1.54, 1.807) is 42.5 Å². The summed E-state index contributed by atoms with van der Waals surface area (Å²) in [4.78, 5) is 25.1. The summed E-state index contributed by atoms with van der Waals surface area (Å²) in [6, 6.07) is 24.9. The minimum Gasteiger partial charge on any atom is -0.422 e. The van der Waals surface area contributed by atoms with E-state index in [9.17, 15) is 9.59 Å². The predicted molar refractivity (Wildman–Crippen MR) is 135 cm³/mol. The van der Waals surface area contributed by atoms with E-state index >= 15 is 0 Å². The van der Waals surface area contributed by atoms with E-state index in [1.165, 1.54) is 6.21 Å². The minimum absolute atomic E-state index is 0.328. The average Bonchev–Trinajstić information content (AvgIpc) is 2.80. The molecule has 0 spiro atoms. The highest BCUT2D eigenvalue weighted by Gasteiger charge is 2.14. The number of nitrogens with one attached hydrogen (secondary N) is 1. The van der Waals surface area contributed by atoms with Gasteiger partial charge in [-0.15, -0.1) is 0 Å². The first-order chi connectivity index (χ1) is 15.5. The van der Waals surface area contributed by atoms with Crippen LogP contribution in [0.15, 0.2) is 90.0 Å². The van der Waals surface area contributed by atoms with E-state index in [-0.39, 0.29) is 5.91 Å². The Balaban J connectivity index is 1.63. The van der Waals surface area contributed by atoms with Gasteiger partial charge >= 0.3 is 5.97 Å².